The van der Waals surface area contributed by atoms with E-state index in [9.17, 15) is 0 Å². The van der Waals surface area contributed by atoms with Gasteiger partial charge in [0.2, 0.25) is 0 Å². The number of hydrogen-bond acceptors (Lipinski definition) is 2. The molecule has 0 aliphatic rings. The van der Waals surface area contributed by atoms with E-state index in [0.717, 1.165) is 18.7 Å². The molecular formula is C18H22ClNO. The zero-order valence-electron chi connectivity index (χ0n) is 12.8. The summed E-state index contributed by atoms with van der Waals surface area (Å²) in [6, 6.07) is 15.8. The van der Waals surface area contributed by atoms with Gasteiger partial charge in [-0.2, -0.15) is 0 Å². The van der Waals surface area contributed by atoms with Gasteiger partial charge in [-0.15, -0.1) is 0 Å². The fraction of sp³-hybridized carbons (Fsp3) is 0.333. The summed E-state index contributed by atoms with van der Waals surface area (Å²) in [4.78, 5) is 2.21. The Hall–Kier alpha value is -1.51. The van der Waals surface area contributed by atoms with Gasteiger partial charge in [0.05, 0.1) is 5.02 Å². The Morgan fingerprint density at radius 2 is 1.71 bits per heavy atom. The molecule has 0 saturated heterocycles. The van der Waals surface area contributed by atoms with E-state index in [2.05, 4.69) is 38.1 Å². The summed E-state index contributed by atoms with van der Waals surface area (Å²) < 4.78 is 5.80. The molecule has 0 saturated carbocycles. The van der Waals surface area contributed by atoms with E-state index >= 15 is 0 Å². The highest BCUT2D eigenvalue weighted by atomic mass is 35.5. The van der Waals surface area contributed by atoms with E-state index in [-0.39, 0.29) is 0 Å². The van der Waals surface area contributed by atoms with Crippen LogP contribution in [0.15, 0.2) is 48.5 Å². The van der Waals surface area contributed by atoms with Gasteiger partial charge in [-0.3, -0.25) is 0 Å². The van der Waals surface area contributed by atoms with E-state index in [1.807, 2.05) is 36.4 Å². The van der Waals surface area contributed by atoms with Gasteiger partial charge in [-0.25, -0.2) is 0 Å². The minimum absolute atomic E-state index is 0.543. The SMILES string of the molecule is CC(CCN(C)C)c1ccc(Oc2ccccc2Cl)cc1. The average Bonchev–Trinajstić information content (AvgIpc) is 2.48. The molecule has 2 aromatic rings. The first-order chi connectivity index (χ1) is 10.1. The smallest absolute Gasteiger partial charge is 0.146 e. The van der Waals surface area contributed by atoms with Gasteiger partial charge in [0.15, 0.2) is 0 Å². The molecule has 3 heteroatoms. The number of para-hydroxylation sites is 1. The normalized spacial score (nSPS) is 12.4. The first kappa shape index (κ1) is 15.9. The average molecular weight is 304 g/mol. The zero-order valence-corrected chi connectivity index (χ0v) is 13.6. The first-order valence-corrected chi connectivity index (χ1v) is 7.61. The fourth-order valence-electron chi connectivity index (χ4n) is 2.14. The molecular weight excluding hydrogens is 282 g/mol. The lowest BCUT2D eigenvalue weighted by molar-refractivity contribution is 0.386. The first-order valence-electron chi connectivity index (χ1n) is 7.23. The Morgan fingerprint density at radius 3 is 2.33 bits per heavy atom. The lowest BCUT2D eigenvalue weighted by Gasteiger charge is -2.16. The Labute approximate surface area is 132 Å². The van der Waals surface area contributed by atoms with Crippen molar-refractivity contribution in [3.05, 3.63) is 59.1 Å². The van der Waals surface area contributed by atoms with E-state index < -0.39 is 0 Å². The maximum absolute atomic E-state index is 6.10. The summed E-state index contributed by atoms with van der Waals surface area (Å²) in [5.41, 5.74) is 1.34. The monoisotopic (exact) mass is 303 g/mol. The molecule has 0 aliphatic carbocycles. The van der Waals surface area contributed by atoms with Crippen LogP contribution < -0.4 is 4.74 Å². The van der Waals surface area contributed by atoms with Gasteiger partial charge in [0, 0.05) is 0 Å². The van der Waals surface area contributed by atoms with E-state index in [1.165, 1.54) is 5.56 Å². The van der Waals surface area contributed by atoms with E-state index in [4.69, 9.17) is 16.3 Å². The Morgan fingerprint density at radius 1 is 1.05 bits per heavy atom. The second-order valence-corrected chi connectivity index (χ2v) is 6.00. The number of ether oxygens (including phenoxy) is 1. The molecule has 2 rings (SSSR count). The summed E-state index contributed by atoms with van der Waals surface area (Å²) in [5, 5.41) is 0.626. The molecule has 0 fully saturated rings. The van der Waals surface area contributed by atoms with E-state index in [0.29, 0.717) is 16.7 Å². The van der Waals surface area contributed by atoms with Crippen LogP contribution >= 0.6 is 11.6 Å². The Kier molecular flexibility index (Phi) is 5.66. The van der Waals surface area contributed by atoms with Crippen LogP contribution in [0, 0.1) is 0 Å². The highest BCUT2D eigenvalue weighted by Crippen LogP contribution is 2.30. The van der Waals surface area contributed by atoms with Crippen molar-refractivity contribution in [2.75, 3.05) is 20.6 Å². The predicted molar refractivity (Wildman–Crippen MR) is 89.6 cm³/mol. The zero-order chi connectivity index (χ0) is 15.2. The third-order valence-electron chi connectivity index (χ3n) is 3.52. The molecule has 0 spiro atoms. The fourth-order valence-corrected chi connectivity index (χ4v) is 2.31. The molecule has 0 N–H and O–H groups in total. The lowest BCUT2D eigenvalue weighted by Crippen LogP contribution is -2.14. The number of halogens is 1. The Bertz CT molecular complexity index is 566. The summed E-state index contributed by atoms with van der Waals surface area (Å²) in [6.07, 6.45) is 1.15. The second-order valence-electron chi connectivity index (χ2n) is 5.59. The van der Waals surface area contributed by atoms with Gasteiger partial charge in [-0.05, 0) is 62.8 Å². The van der Waals surface area contributed by atoms with Gasteiger partial charge >= 0.3 is 0 Å². The van der Waals surface area contributed by atoms with Crippen molar-refractivity contribution >= 4 is 11.6 Å². The molecule has 1 atom stereocenters. The molecule has 112 valence electrons. The van der Waals surface area contributed by atoms with Crippen molar-refractivity contribution in [3.8, 4) is 11.5 Å². The molecule has 2 aromatic carbocycles. The molecule has 0 aromatic heterocycles. The molecule has 1 unspecified atom stereocenters. The van der Waals surface area contributed by atoms with Crippen LogP contribution in [0.4, 0.5) is 0 Å². The van der Waals surface area contributed by atoms with Gasteiger partial charge in [0.1, 0.15) is 11.5 Å². The van der Waals surface area contributed by atoms with Crippen molar-refractivity contribution in [2.24, 2.45) is 0 Å². The molecule has 0 bridgehead atoms. The highest BCUT2D eigenvalue weighted by Gasteiger charge is 2.07. The topological polar surface area (TPSA) is 12.5 Å². The van der Waals surface area contributed by atoms with E-state index in [1.54, 1.807) is 0 Å². The highest BCUT2D eigenvalue weighted by molar-refractivity contribution is 6.32. The van der Waals surface area contributed by atoms with Crippen LogP contribution in [0.3, 0.4) is 0 Å². The number of benzene rings is 2. The predicted octanol–water partition coefficient (Wildman–Crippen LogP) is 5.19. The van der Waals surface area contributed by atoms with Crippen LogP contribution in [0.5, 0.6) is 11.5 Å². The van der Waals surface area contributed by atoms with Crippen LogP contribution in [0.1, 0.15) is 24.8 Å². The van der Waals surface area contributed by atoms with Crippen molar-refractivity contribution < 1.29 is 4.74 Å². The summed E-state index contributed by atoms with van der Waals surface area (Å²) in [5.74, 6) is 2.04. The van der Waals surface area contributed by atoms with Gasteiger partial charge in [-0.1, -0.05) is 42.8 Å². The number of nitrogens with zero attached hydrogens (tertiary/aromatic N) is 1. The number of hydrogen-bond donors (Lipinski definition) is 0. The largest absolute Gasteiger partial charge is 0.456 e. The third-order valence-corrected chi connectivity index (χ3v) is 3.84. The molecule has 0 amide bonds. The molecule has 0 aliphatic heterocycles. The minimum atomic E-state index is 0.543. The minimum Gasteiger partial charge on any atom is -0.456 e. The van der Waals surface area contributed by atoms with Crippen molar-refractivity contribution in [2.45, 2.75) is 19.3 Å². The molecule has 21 heavy (non-hydrogen) atoms. The van der Waals surface area contributed by atoms with Crippen LogP contribution in [0.2, 0.25) is 5.02 Å². The van der Waals surface area contributed by atoms with Crippen molar-refractivity contribution in [1.82, 2.24) is 4.90 Å². The summed E-state index contributed by atoms with van der Waals surface area (Å²) >= 11 is 6.10. The van der Waals surface area contributed by atoms with Gasteiger partial charge in [0.25, 0.3) is 0 Å². The Balaban J connectivity index is 2.00. The third kappa shape index (κ3) is 4.76. The van der Waals surface area contributed by atoms with Crippen LogP contribution in [0.25, 0.3) is 0 Å². The number of rotatable bonds is 6. The maximum Gasteiger partial charge on any atom is 0.146 e. The quantitative estimate of drug-likeness (QED) is 0.728. The van der Waals surface area contributed by atoms with Crippen molar-refractivity contribution in [3.63, 3.8) is 0 Å². The van der Waals surface area contributed by atoms with Crippen LogP contribution in [-0.4, -0.2) is 25.5 Å². The molecule has 2 nitrogen and oxygen atoms in total. The molecule has 0 heterocycles. The maximum atomic E-state index is 6.10. The standard InChI is InChI=1S/C18H22ClNO/c1-14(12-13-20(2)3)15-8-10-16(11-9-15)21-18-7-5-4-6-17(18)19/h4-11,14H,12-13H2,1-3H3. The van der Waals surface area contributed by atoms with Crippen LogP contribution in [-0.2, 0) is 0 Å². The lowest BCUT2D eigenvalue weighted by atomic mass is 9.97. The van der Waals surface area contributed by atoms with Gasteiger partial charge < -0.3 is 9.64 Å². The van der Waals surface area contributed by atoms with Crippen molar-refractivity contribution in [1.29, 1.82) is 0 Å². The summed E-state index contributed by atoms with van der Waals surface area (Å²) in [7, 11) is 4.21. The second kappa shape index (κ2) is 7.48. The molecule has 0 radical (unpaired) electrons. The summed E-state index contributed by atoms with van der Waals surface area (Å²) in [6.45, 7) is 3.35.